The van der Waals surface area contributed by atoms with E-state index in [0.717, 1.165) is 59.0 Å². The zero-order valence-electron chi connectivity index (χ0n) is 20.7. The summed E-state index contributed by atoms with van der Waals surface area (Å²) in [4.78, 5) is 10.3. The van der Waals surface area contributed by atoms with Crippen LogP contribution in [0, 0.1) is 11.8 Å². The van der Waals surface area contributed by atoms with Gasteiger partial charge in [-0.3, -0.25) is 10.3 Å². The van der Waals surface area contributed by atoms with Crippen molar-refractivity contribution < 1.29 is 5.11 Å². The van der Waals surface area contributed by atoms with Crippen LogP contribution in [0.15, 0.2) is 63.5 Å². The Kier molecular flexibility index (Phi) is 12.3. The Morgan fingerprint density at radius 1 is 1.41 bits per heavy atom. The SMILES string of the molecule is C=C(/C=C\C=C/CC)CC(CNC1N=C(/C(C)=C/C=NCC)Nc2c(C#CCO)csc21)NC. The first-order valence-corrected chi connectivity index (χ1v) is 12.6. The fourth-order valence-electron chi connectivity index (χ4n) is 3.28. The van der Waals surface area contributed by atoms with Crippen LogP contribution in [0.3, 0.4) is 0 Å². The van der Waals surface area contributed by atoms with Gasteiger partial charge in [-0.15, -0.1) is 11.3 Å². The molecule has 1 aromatic rings. The number of nitrogens with zero attached hydrogens (tertiary/aromatic N) is 2. The minimum absolute atomic E-state index is 0.171. The smallest absolute Gasteiger partial charge is 0.139 e. The summed E-state index contributed by atoms with van der Waals surface area (Å²) in [6.07, 6.45) is 13.7. The number of aliphatic hydroxyl groups is 1. The number of thiophene rings is 1. The van der Waals surface area contributed by atoms with Crippen LogP contribution in [-0.4, -0.2) is 49.9 Å². The average molecular weight is 480 g/mol. The van der Waals surface area contributed by atoms with Gasteiger partial charge >= 0.3 is 0 Å². The molecule has 34 heavy (non-hydrogen) atoms. The van der Waals surface area contributed by atoms with Crippen molar-refractivity contribution in [3.05, 3.63) is 63.9 Å². The van der Waals surface area contributed by atoms with Gasteiger partial charge in [0.25, 0.3) is 0 Å². The van der Waals surface area contributed by atoms with E-state index in [1.54, 1.807) is 11.3 Å². The Morgan fingerprint density at radius 3 is 2.94 bits per heavy atom. The molecule has 0 radical (unpaired) electrons. The Balaban J connectivity index is 2.20. The maximum Gasteiger partial charge on any atom is 0.139 e. The zero-order valence-corrected chi connectivity index (χ0v) is 21.5. The summed E-state index contributed by atoms with van der Waals surface area (Å²) >= 11 is 1.62. The lowest BCUT2D eigenvalue weighted by molar-refractivity contribution is 0.350. The number of hydrogen-bond donors (Lipinski definition) is 4. The first-order chi connectivity index (χ1) is 16.5. The maximum absolute atomic E-state index is 9.13. The molecular formula is C27H37N5OS. The molecular weight excluding hydrogens is 442 g/mol. The van der Waals surface area contributed by atoms with E-state index < -0.39 is 0 Å². The van der Waals surface area contributed by atoms with Crippen LogP contribution in [-0.2, 0) is 0 Å². The van der Waals surface area contributed by atoms with Crippen molar-refractivity contribution in [3.63, 3.8) is 0 Å². The van der Waals surface area contributed by atoms with Crippen molar-refractivity contribution in [2.45, 2.75) is 45.8 Å². The molecule has 0 spiro atoms. The molecule has 1 aliphatic heterocycles. The molecule has 0 saturated heterocycles. The lowest BCUT2D eigenvalue weighted by Crippen LogP contribution is -2.39. The van der Waals surface area contributed by atoms with Gasteiger partial charge in [0.1, 0.15) is 18.6 Å². The summed E-state index contributed by atoms with van der Waals surface area (Å²) in [6.45, 7) is 11.6. The molecule has 182 valence electrons. The second kappa shape index (κ2) is 15.2. The number of aliphatic hydroxyl groups excluding tert-OH is 1. The van der Waals surface area contributed by atoms with Gasteiger partial charge in [-0.1, -0.05) is 55.2 Å². The number of aliphatic imine (C=N–C) groups is 2. The Morgan fingerprint density at radius 2 is 2.24 bits per heavy atom. The topological polar surface area (TPSA) is 81.0 Å². The maximum atomic E-state index is 9.13. The summed E-state index contributed by atoms with van der Waals surface area (Å²) in [5, 5.41) is 21.6. The summed E-state index contributed by atoms with van der Waals surface area (Å²) in [5.74, 6) is 6.59. The lowest BCUT2D eigenvalue weighted by Gasteiger charge is -2.26. The lowest BCUT2D eigenvalue weighted by atomic mass is 10.1. The number of likely N-dealkylation sites (N-methyl/N-ethyl adjacent to an activating group) is 1. The van der Waals surface area contributed by atoms with E-state index in [9.17, 15) is 0 Å². The van der Waals surface area contributed by atoms with Crippen LogP contribution < -0.4 is 16.0 Å². The van der Waals surface area contributed by atoms with E-state index in [2.05, 4.69) is 64.5 Å². The first-order valence-electron chi connectivity index (χ1n) is 11.7. The standard InChI is InChI=1S/C27H37N5OS/c1-6-8-9-10-12-20(3)17-23(28-5)18-30-27-25-24(22(19-34-25)13-11-16-33)31-26(32-27)21(4)14-15-29-7-2/h8-10,12,14-15,19,23,27-28,30,33H,3,6-7,16-18H2,1-2,4-5H3,(H,31,32)/b9-8-,12-10-,21-14+,29-15?. The normalized spacial score (nSPS) is 16.9. The van der Waals surface area contributed by atoms with Crippen molar-refractivity contribution in [1.29, 1.82) is 0 Å². The molecule has 2 rings (SSSR count). The minimum atomic E-state index is -0.195. The van der Waals surface area contributed by atoms with Crippen molar-refractivity contribution in [1.82, 2.24) is 10.6 Å². The molecule has 4 N–H and O–H groups in total. The van der Waals surface area contributed by atoms with E-state index in [-0.39, 0.29) is 18.8 Å². The molecule has 2 heterocycles. The highest BCUT2D eigenvalue weighted by molar-refractivity contribution is 7.11. The number of nitrogens with one attached hydrogen (secondary N) is 3. The molecule has 7 heteroatoms. The van der Waals surface area contributed by atoms with Crippen molar-refractivity contribution in [2.24, 2.45) is 9.98 Å². The third-order valence-electron chi connectivity index (χ3n) is 5.15. The van der Waals surface area contributed by atoms with E-state index >= 15 is 0 Å². The van der Waals surface area contributed by atoms with Gasteiger partial charge in [0, 0.05) is 30.7 Å². The molecule has 0 fully saturated rings. The van der Waals surface area contributed by atoms with Crippen LogP contribution in [0.5, 0.6) is 0 Å². The molecule has 6 nitrogen and oxygen atoms in total. The fourth-order valence-corrected chi connectivity index (χ4v) is 4.24. The number of hydrogen-bond acceptors (Lipinski definition) is 7. The molecule has 0 bridgehead atoms. The summed E-state index contributed by atoms with van der Waals surface area (Å²) in [7, 11) is 1.97. The first kappa shape index (κ1) is 27.5. The molecule has 0 saturated carbocycles. The highest BCUT2D eigenvalue weighted by Crippen LogP contribution is 2.37. The number of anilines is 1. The molecule has 2 atom stereocenters. The third kappa shape index (κ3) is 8.54. The predicted octanol–water partition coefficient (Wildman–Crippen LogP) is 4.60. The van der Waals surface area contributed by atoms with Crippen LogP contribution in [0.1, 0.15) is 50.2 Å². The van der Waals surface area contributed by atoms with E-state index in [0.29, 0.717) is 0 Å². The summed E-state index contributed by atoms with van der Waals surface area (Å²) in [6, 6.07) is 0.214. The van der Waals surface area contributed by atoms with E-state index in [1.165, 1.54) is 0 Å². The van der Waals surface area contributed by atoms with Crippen molar-refractivity contribution in [2.75, 3.05) is 32.1 Å². The van der Waals surface area contributed by atoms with Gasteiger partial charge in [0.05, 0.1) is 16.1 Å². The van der Waals surface area contributed by atoms with Gasteiger partial charge in [-0.2, -0.15) is 0 Å². The number of allylic oxidation sites excluding steroid dienone is 5. The second-order valence-corrected chi connectivity index (χ2v) is 8.71. The van der Waals surface area contributed by atoms with Gasteiger partial charge in [0.15, 0.2) is 0 Å². The monoisotopic (exact) mass is 479 g/mol. The Bertz CT molecular complexity index is 1020. The zero-order chi connectivity index (χ0) is 24.8. The van der Waals surface area contributed by atoms with Gasteiger partial charge < -0.3 is 15.7 Å². The second-order valence-electron chi connectivity index (χ2n) is 7.80. The highest BCUT2D eigenvalue weighted by Gasteiger charge is 2.26. The van der Waals surface area contributed by atoms with Crippen LogP contribution in [0.4, 0.5) is 5.69 Å². The molecule has 1 aromatic heterocycles. The molecule has 0 aliphatic carbocycles. The quantitative estimate of drug-likeness (QED) is 0.201. The number of amidine groups is 1. The number of rotatable bonds is 12. The molecule has 0 aromatic carbocycles. The highest BCUT2D eigenvalue weighted by atomic mass is 32.1. The predicted molar refractivity (Wildman–Crippen MR) is 148 cm³/mol. The third-order valence-corrected chi connectivity index (χ3v) is 6.18. The van der Waals surface area contributed by atoms with Crippen LogP contribution >= 0.6 is 11.3 Å². The Hall–Kier alpha value is -2.76. The minimum Gasteiger partial charge on any atom is -0.384 e. The fraction of sp³-hybridized carbons (Fsp3) is 0.407. The molecule has 1 aliphatic rings. The van der Waals surface area contributed by atoms with Crippen LogP contribution in [0.25, 0.3) is 0 Å². The van der Waals surface area contributed by atoms with E-state index in [4.69, 9.17) is 10.1 Å². The van der Waals surface area contributed by atoms with Crippen LogP contribution in [0.2, 0.25) is 0 Å². The average Bonchev–Trinajstić information content (AvgIpc) is 3.26. The molecule has 0 amide bonds. The van der Waals surface area contributed by atoms with Gasteiger partial charge in [-0.05, 0) is 45.4 Å². The van der Waals surface area contributed by atoms with E-state index in [1.807, 2.05) is 44.6 Å². The largest absolute Gasteiger partial charge is 0.384 e. The van der Waals surface area contributed by atoms with Gasteiger partial charge in [-0.25, -0.2) is 4.99 Å². The summed E-state index contributed by atoms with van der Waals surface area (Å²) in [5.41, 5.74) is 3.88. The summed E-state index contributed by atoms with van der Waals surface area (Å²) < 4.78 is 0. The van der Waals surface area contributed by atoms with Crippen molar-refractivity contribution >= 4 is 29.1 Å². The Labute approximate surface area is 208 Å². The van der Waals surface area contributed by atoms with Gasteiger partial charge in [0.2, 0.25) is 0 Å². The van der Waals surface area contributed by atoms with Crippen molar-refractivity contribution in [3.8, 4) is 11.8 Å². The number of fused-ring (bicyclic) bond motifs is 1. The molecule has 2 unspecified atom stereocenters.